The first-order chi connectivity index (χ1) is 8.97. The van der Waals surface area contributed by atoms with Gasteiger partial charge in [-0.2, -0.15) is 0 Å². The minimum absolute atomic E-state index is 0.281. The fraction of sp³-hybridized carbons (Fsp3) is 0.0769. The van der Waals surface area contributed by atoms with Gasteiger partial charge < -0.3 is 10.5 Å². The molecule has 0 fully saturated rings. The fourth-order valence-corrected chi connectivity index (χ4v) is 2.89. The highest BCUT2D eigenvalue weighted by molar-refractivity contribution is 9.10. The molecule has 0 unspecified atom stereocenters. The van der Waals surface area contributed by atoms with E-state index in [4.69, 9.17) is 22.1 Å². The number of anilines is 1. The quantitative estimate of drug-likeness (QED) is 0.711. The molecule has 0 spiro atoms. The molecule has 0 saturated heterocycles. The topological polar surface area (TPSA) is 35.2 Å². The number of nitrogens with two attached hydrogens (primary N) is 1. The lowest BCUT2D eigenvalue weighted by atomic mass is 10.2. The van der Waals surface area contributed by atoms with Gasteiger partial charge in [0, 0.05) is 5.02 Å². The van der Waals surface area contributed by atoms with Crippen molar-refractivity contribution in [3.05, 3.63) is 55.7 Å². The first kappa shape index (κ1) is 14.6. The Kier molecular flexibility index (Phi) is 4.71. The largest absolute Gasteiger partial charge is 0.486 e. The molecule has 0 bridgehead atoms. The maximum absolute atomic E-state index is 13.1. The minimum atomic E-state index is -0.309. The Morgan fingerprint density at radius 2 is 1.89 bits per heavy atom. The molecule has 2 aromatic carbocycles. The number of benzene rings is 2. The van der Waals surface area contributed by atoms with Crippen molar-refractivity contribution in [2.45, 2.75) is 6.61 Å². The highest BCUT2D eigenvalue weighted by atomic mass is 79.9. The van der Waals surface area contributed by atoms with Gasteiger partial charge >= 0.3 is 0 Å². The van der Waals surface area contributed by atoms with Crippen LogP contribution in [0.2, 0.25) is 5.02 Å². The van der Waals surface area contributed by atoms with Crippen LogP contribution in [0, 0.1) is 5.82 Å². The molecule has 0 saturated carbocycles. The molecule has 2 nitrogen and oxygen atoms in total. The average molecular weight is 409 g/mol. The van der Waals surface area contributed by atoms with E-state index in [1.54, 1.807) is 24.3 Å². The van der Waals surface area contributed by atoms with Crippen LogP contribution in [0.1, 0.15) is 5.56 Å². The molecule has 0 aliphatic carbocycles. The molecule has 19 heavy (non-hydrogen) atoms. The van der Waals surface area contributed by atoms with Crippen molar-refractivity contribution in [3.63, 3.8) is 0 Å². The van der Waals surface area contributed by atoms with Crippen molar-refractivity contribution < 1.29 is 9.13 Å². The standard InChI is InChI=1S/C13H9Br2ClFNO/c14-9-3-7(1-2-11(9)17)6-19-13-10(15)4-8(16)5-12(13)18/h1-5H,6,18H2. The van der Waals surface area contributed by atoms with Gasteiger partial charge in [-0.15, -0.1) is 0 Å². The normalized spacial score (nSPS) is 10.5. The van der Waals surface area contributed by atoms with Crippen LogP contribution >= 0.6 is 43.5 Å². The van der Waals surface area contributed by atoms with Crippen molar-refractivity contribution in [2.75, 3.05) is 5.73 Å². The predicted molar refractivity (Wildman–Crippen MR) is 82.0 cm³/mol. The number of ether oxygens (including phenoxy) is 1. The molecule has 0 aliphatic heterocycles. The van der Waals surface area contributed by atoms with Gasteiger partial charge in [0.15, 0.2) is 5.75 Å². The molecule has 100 valence electrons. The Hall–Kier alpha value is -0.780. The van der Waals surface area contributed by atoms with E-state index in [1.807, 2.05) is 0 Å². The lowest BCUT2D eigenvalue weighted by Gasteiger charge is -2.11. The summed E-state index contributed by atoms with van der Waals surface area (Å²) in [6, 6.07) is 8.01. The molecule has 0 amide bonds. The molecule has 0 atom stereocenters. The number of hydrogen-bond acceptors (Lipinski definition) is 2. The minimum Gasteiger partial charge on any atom is -0.486 e. The number of nitrogen functional groups attached to an aromatic ring is 1. The number of hydrogen-bond donors (Lipinski definition) is 1. The van der Waals surface area contributed by atoms with E-state index >= 15 is 0 Å². The molecule has 6 heteroatoms. The summed E-state index contributed by atoms with van der Waals surface area (Å²) >= 11 is 12.3. The van der Waals surface area contributed by atoms with E-state index < -0.39 is 0 Å². The van der Waals surface area contributed by atoms with Gasteiger partial charge in [-0.05, 0) is 61.7 Å². The van der Waals surface area contributed by atoms with E-state index in [9.17, 15) is 4.39 Å². The van der Waals surface area contributed by atoms with Gasteiger partial charge in [-0.3, -0.25) is 0 Å². The molecule has 0 radical (unpaired) electrons. The molecule has 2 aromatic rings. The molecule has 2 N–H and O–H groups in total. The predicted octanol–water partition coefficient (Wildman–Crippen LogP) is 5.17. The average Bonchev–Trinajstić information content (AvgIpc) is 2.32. The van der Waals surface area contributed by atoms with Crippen LogP contribution in [0.3, 0.4) is 0 Å². The third-order valence-corrected chi connectivity index (χ3v) is 3.82. The smallest absolute Gasteiger partial charge is 0.156 e. The van der Waals surface area contributed by atoms with Crippen LogP contribution in [-0.2, 0) is 6.61 Å². The summed E-state index contributed by atoms with van der Waals surface area (Å²) in [5, 5.41) is 0.529. The van der Waals surface area contributed by atoms with Gasteiger partial charge in [0.2, 0.25) is 0 Å². The monoisotopic (exact) mass is 407 g/mol. The van der Waals surface area contributed by atoms with Gasteiger partial charge in [0.25, 0.3) is 0 Å². The van der Waals surface area contributed by atoms with E-state index in [0.717, 1.165) is 5.56 Å². The summed E-state index contributed by atoms with van der Waals surface area (Å²) in [5.74, 6) is 0.209. The Balaban J connectivity index is 2.16. The Morgan fingerprint density at radius 3 is 2.53 bits per heavy atom. The number of rotatable bonds is 3. The molecule has 0 heterocycles. The van der Waals surface area contributed by atoms with Crippen molar-refractivity contribution in [2.24, 2.45) is 0 Å². The summed E-state index contributed by atoms with van der Waals surface area (Å²) in [6.07, 6.45) is 0. The third kappa shape index (κ3) is 3.61. The first-order valence-corrected chi connectivity index (χ1v) is 7.25. The lowest BCUT2D eigenvalue weighted by Crippen LogP contribution is -2.00. The maximum atomic E-state index is 13.1. The zero-order valence-electron chi connectivity index (χ0n) is 9.59. The summed E-state index contributed by atoms with van der Waals surface area (Å²) in [5.41, 5.74) is 7.10. The van der Waals surface area contributed by atoms with Crippen LogP contribution in [0.15, 0.2) is 39.3 Å². The summed E-state index contributed by atoms with van der Waals surface area (Å²) in [4.78, 5) is 0. The van der Waals surface area contributed by atoms with Gasteiger partial charge in [0.05, 0.1) is 14.6 Å². The van der Waals surface area contributed by atoms with Crippen LogP contribution in [-0.4, -0.2) is 0 Å². The zero-order chi connectivity index (χ0) is 14.0. The van der Waals surface area contributed by atoms with Crippen molar-refractivity contribution in [1.82, 2.24) is 0 Å². The summed E-state index contributed by atoms with van der Waals surface area (Å²) < 4.78 is 19.8. The Labute approximate surface area is 132 Å². The molecular weight excluding hydrogens is 400 g/mol. The van der Waals surface area contributed by atoms with Crippen LogP contribution in [0.25, 0.3) is 0 Å². The third-order valence-electron chi connectivity index (χ3n) is 2.40. The summed E-state index contributed by atoms with van der Waals surface area (Å²) in [7, 11) is 0. The van der Waals surface area contributed by atoms with Crippen LogP contribution in [0.5, 0.6) is 5.75 Å². The Morgan fingerprint density at radius 1 is 1.16 bits per heavy atom. The van der Waals surface area contributed by atoms with Crippen LogP contribution in [0.4, 0.5) is 10.1 Å². The van der Waals surface area contributed by atoms with E-state index in [1.165, 1.54) is 6.07 Å². The van der Waals surface area contributed by atoms with Crippen molar-refractivity contribution in [1.29, 1.82) is 0 Å². The zero-order valence-corrected chi connectivity index (χ0v) is 13.5. The van der Waals surface area contributed by atoms with E-state index in [-0.39, 0.29) is 12.4 Å². The molecule has 2 rings (SSSR count). The first-order valence-electron chi connectivity index (χ1n) is 5.28. The second-order valence-electron chi connectivity index (χ2n) is 3.84. The highest BCUT2D eigenvalue weighted by Gasteiger charge is 2.09. The van der Waals surface area contributed by atoms with E-state index in [2.05, 4.69) is 31.9 Å². The second kappa shape index (κ2) is 6.11. The van der Waals surface area contributed by atoms with Crippen molar-refractivity contribution >= 4 is 49.1 Å². The van der Waals surface area contributed by atoms with E-state index in [0.29, 0.717) is 25.4 Å². The SMILES string of the molecule is Nc1cc(Cl)cc(Br)c1OCc1ccc(F)c(Br)c1. The molecule has 0 aromatic heterocycles. The highest BCUT2D eigenvalue weighted by Crippen LogP contribution is 2.35. The van der Waals surface area contributed by atoms with Gasteiger partial charge in [-0.1, -0.05) is 17.7 Å². The summed E-state index contributed by atoms with van der Waals surface area (Å²) in [6.45, 7) is 0.281. The maximum Gasteiger partial charge on any atom is 0.156 e. The molecule has 0 aliphatic rings. The van der Waals surface area contributed by atoms with Gasteiger partial charge in [-0.25, -0.2) is 4.39 Å². The van der Waals surface area contributed by atoms with Gasteiger partial charge in [0.1, 0.15) is 12.4 Å². The van der Waals surface area contributed by atoms with Crippen molar-refractivity contribution in [3.8, 4) is 5.75 Å². The van der Waals surface area contributed by atoms with Crippen LogP contribution < -0.4 is 10.5 Å². The molecular formula is C13H9Br2ClFNO. The second-order valence-corrected chi connectivity index (χ2v) is 5.99. The lowest BCUT2D eigenvalue weighted by molar-refractivity contribution is 0.306. The fourth-order valence-electron chi connectivity index (χ4n) is 1.52. The number of halogens is 4. The Bertz CT molecular complexity index is 599.